The molecule has 1 heterocycles. The molecule has 2 fully saturated rings. The predicted molar refractivity (Wildman–Crippen MR) is 75.7 cm³/mol. The number of hydrogen-bond donors (Lipinski definition) is 2. The Balaban J connectivity index is 1.84. The van der Waals surface area contributed by atoms with Crippen molar-refractivity contribution < 1.29 is 9.53 Å². The van der Waals surface area contributed by atoms with E-state index in [9.17, 15) is 4.79 Å². The highest BCUT2D eigenvalue weighted by Crippen LogP contribution is 2.34. The molecule has 0 aromatic heterocycles. The van der Waals surface area contributed by atoms with Gasteiger partial charge in [-0.1, -0.05) is 25.7 Å². The third kappa shape index (κ3) is 3.93. The molecule has 4 heteroatoms. The molecule has 1 aliphatic heterocycles. The molecule has 0 spiro atoms. The number of nitrogens with two attached hydrogens (primary N) is 1. The van der Waals surface area contributed by atoms with Gasteiger partial charge in [-0.25, -0.2) is 0 Å². The van der Waals surface area contributed by atoms with E-state index >= 15 is 0 Å². The summed E-state index contributed by atoms with van der Waals surface area (Å²) in [5.74, 6) is 0.667. The lowest BCUT2D eigenvalue weighted by molar-refractivity contribution is -0.131. The summed E-state index contributed by atoms with van der Waals surface area (Å²) in [7, 11) is 0. The smallest absolute Gasteiger partial charge is 0.227 e. The SMILES string of the molecule is NCC1(C(=O)NCC2CCCOC2)CCCCCC1. The summed E-state index contributed by atoms with van der Waals surface area (Å²) in [6, 6.07) is 0. The van der Waals surface area contributed by atoms with E-state index in [1.807, 2.05) is 0 Å². The molecule has 0 radical (unpaired) electrons. The minimum absolute atomic E-state index is 0.183. The van der Waals surface area contributed by atoms with Crippen LogP contribution in [-0.4, -0.2) is 32.2 Å². The summed E-state index contributed by atoms with van der Waals surface area (Å²) in [6.45, 7) is 2.90. The Bertz CT molecular complexity index is 280. The van der Waals surface area contributed by atoms with Gasteiger partial charge in [0.2, 0.25) is 5.91 Å². The number of hydrogen-bond acceptors (Lipinski definition) is 3. The Morgan fingerprint density at radius 2 is 1.95 bits per heavy atom. The van der Waals surface area contributed by atoms with Crippen LogP contribution in [0.25, 0.3) is 0 Å². The fourth-order valence-electron chi connectivity index (χ4n) is 3.32. The van der Waals surface area contributed by atoms with Gasteiger partial charge in [-0.05, 0) is 31.6 Å². The first-order valence-corrected chi connectivity index (χ1v) is 7.83. The van der Waals surface area contributed by atoms with Crippen molar-refractivity contribution in [2.45, 2.75) is 51.4 Å². The molecule has 1 amide bonds. The maximum Gasteiger partial charge on any atom is 0.227 e. The molecule has 2 rings (SSSR count). The average molecular weight is 268 g/mol. The minimum Gasteiger partial charge on any atom is -0.381 e. The van der Waals surface area contributed by atoms with Gasteiger partial charge in [-0.15, -0.1) is 0 Å². The largest absolute Gasteiger partial charge is 0.381 e. The Morgan fingerprint density at radius 3 is 2.53 bits per heavy atom. The number of nitrogens with one attached hydrogen (secondary N) is 1. The molecule has 1 aliphatic carbocycles. The molecule has 4 nitrogen and oxygen atoms in total. The van der Waals surface area contributed by atoms with Crippen LogP contribution in [0.4, 0.5) is 0 Å². The van der Waals surface area contributed by atoms with Gasteiger partial charge in [-0.2, -0.15) is 0 Å². The molecule has 110 valence electrons. The van der Waals surface area contributed by atoms with Crippen LogP contribution in [0, 0.1) is 11.3 Å². The summed E-state index contributed by atoms with van der Waals surface area (Å²) < 4.78 is 5.46. The molecular formula is C15H28N2O2. The first-order chi connectivity index (χ1) is 9.27. The van der Waals surface area contributed by atoms with Gasteiger partial charge in [0.15, 0.2) is 0 Å². The predicted octanol–water partition coefficient (Wildman–Crippen LogP) is 1.83. The summed E-state index contributed by atoms with van der Waals surface area (Å²) >= 11 is 0. The number of carbonyl (C=O) groups excluding carboxylic acids is 1. The highest BCUT2D eigenvalue weighted by molar-refractivity contribution is 5.82. The number of ether oxygens (including phenoxy) is 1. The zero-order chi connectivity index (χ0) is 13.6. The molecule has 3 N–H and O–H groups in total. The van der Waals surface area contributed by atoms with Crippen LogP contribution in [0.5, 0.6) is 0 Å². The summed E-state index contributed by atoms with van der Waals surface area (Å²) in [5, 5.41) is 3.14. The Hall–Kier alpha value is -0.610. The molecule has 1 unspecified atom stereocenters. The van der Waals surface area contributed by atoms with Crippen LogP contribution >= 0.6 is 0 Å². The zero-order valence-corrected chi connectivity index (χ0v) is 12.0. The van der Waals surface area contributed by atoms with Gasteiger partial charge in [0.05, 0.1) is 12.0 Å². The second-order valence-electron chi connectivity index (χ2n) is 6.19. The standard InChI is InChI=1S/C15H28N2O2/c16-12-15(7-3-1-2-4-8-15)14(18)17-10-13-6-5-9-19-11-13/h13H,1-12,16H2,(H,17,18). The number of rotatable bonds is 4. The minimum atomic E-state index is -0.300. The zero-order valence-electron chi connectivity index (χ0n) is 12.0. The van der Waals surface area contributed by atoms with E-state index in [0.717, 1.165) is 58.3 Å². The van der Waals surface area contributed by atoms with Crippen LogP contribution in [0.1, 0.15) is 51.4 Å². The highest BCUT2D eigenvalue weighted by atomic mass is 16.5. The van der Waals surface area contributed by atoms with Crippen LogP contribution in [0.2, 0.25) is 0 Å². The van der Waals surface area contributed by atoms with Crippen molar-refractivity contribution in [2.75, 3.05) is 26.3 Å². The van der Waals surface area contributed by atoms with E-state index in [0.29, 0.717) is 12.5 Å². The van der Waals surface area contributed by atoms with Crippen molar-refractivity contribution >= 4 is 5.91 Å². The molecule has 0 bridgehead atoms. The van der Waals surface area contributed by atoms with Crippen molar-refractivity contribution in [3.8, 4) is 0 Å². The van der Waals surface area contributed by atoms with Crippen LogP contribution in [0.3, 0.4) is 0 Å². The molecule has 1 atom stereocenters. The van der Waals surface area contributed by atoms with Crippen molar-refractivity contribution in [3.05, 3.63) is 0 Å². The molecule has 2 aliphatic rings. The monoisotopic (exact) mass is 268 g/mol. The van der Waals surface area contributed by atoms with Crippen molar-refractivity contribution in [2.24, 2.45) is 17.1 Å². The maximum atomic E-state index is 12.5. The van der Waals surface area contributed by atoms with E-state index in [1.54, 1.807) is 0 Å². The van der Waals surface area contributed by atoms with Gasteiger partial charge in [-0.3, -0.25) is 4.79 Å². The summed E-state index contributed by atoms with van der Waals surface area (Å²) in [4.78, 5) is 12.5. The molecular weight excluding hydrogens is 240 g/mol. The van der Waals surface area contributed by atoms with E-state index in [4.69, 9.17) is 10.5 Å². The lowest BCUT2D eigenvalue weighted by Gasteiger charge is -2.31. The van der Waals surface area contributed by atoms with E-state index in [2.05, 4.69) is 5.32 Å². The summed E-state index contributed by atoms with van der Waals surface area (Å²) in [5.41, 5.74) is 5.63. The quantitative estimate of drug-likeness (QED) is 0.765. The van der Waals surface area contributed by atoms with Gasteiger partial charge in [0, 0.05) is 19.7 Å². The van der Waals surface area contributed by atoms with E-state index in [-0.39, 0.29) is 11.3 Å². The Morgan fingerprint density at radius 1 is 1.21 bits per heavy atom. The molecule has 19 heavy (non-hydrogen) atoms. The van der Waals surface area contributed by atoms with Gasteiger partial charge >= 0.3 is 0 Å². The van der Waals surface area contributed by atoms with E-state index in [1.165, 1.54) is 12.8 Å². The molecule has 0 aromatic carbocycles. The second kappa shape index (κ2) is 7.25. The van der Waals surface area contributed by atoms with Crippen LogP contribution in [0.15, 0.2) is 0 Å². The maximum absolute atomic E-state index is 12.5. The first-order valence-electron chi connectivity index (χ1n) is 7.83. The topological polar surface area (TPSA) is 64.4 Å². The number of amides is 1. The average Bonchev–Trinajstić information content (AvgIpc) is 2.72. The fourth-order valence-corrected chi connectivity index (χ4v) is 3.32. The Kier molecular flexibility index (Phi) is 5.64. The fraction of sp³-hybridized carbons (Fsp3) is 0.933. The van der Waals surface area contributed by atoms with Crippen LogP contribution in [-0.2, 0) is 9.53 Å². The Labute approximate surface area is 116 Å². The molecule has 1 saturated carbocycles. The van der Waals surface area contributed by atoms with Crippen LogP contribution < -0.4 is 11.1 Å². The molecule has 1 saturated heterocycles. The lowest BCUT2D eigenvalue weighted by Crippen LogP contribution is -2.47. The highest BCUT2D eigenvalue weighted by Gasteiger charge is 2.37. The van der Waals surface area contributed by atoms with Crippen molar-refractivity contribution in [1.29, 1.82) is 0 Å². The molecule has 0 aromatic rings. The third-order valence-electron chi connectivity index (χ3n) is 4.74. The van der Waals surface area contributed by atoms with E-state index < -0.39 is 0 Å². The first kappa shape index (κ1) is 14.8. The lowest BCUT2D eigenvalue weighted by atomic mass is 9.79. The normalized spacial score (nSPS) is 27.5. The van der Waals surface area contributed by atoms with Crippen molar-refractivity contribution in [1.82, 2.24) is 5.32 Å². The number of carbonyl (C=O) groups is 1. The van der Waals surface area contributed by atoms with Gasteiger partial charge < -0.3 is 15.8 Å². The third-order valence-corrected chi connectivity index (χ3v) is 4.74. The van der Waals surface area contributed by atoms with Gasteiger partial charge in [0.25, 0.3) is 0 Å². The second-order valence-corrected chi connectivity index (χ2v) is 6.19. The van der Waals surface area contributed by atoms with Crippen molar-refractivity contribution in [3.63, 3.8) is 0 Å². The van der Waals surface area contributed by atoms with Gasteiger partial charge in [0.1, 0.15) is 0 Å². The summed E-state index contributed by atoms with van der Waals surface area (Å²) in [6.07, 6.45) is 8.94.